The van der Waals surface area contributed by atoms with Crippen molar-refractivity contribution < 1.29 is 4.74 Å². The molecule has 2 aromatic carbocycles. The SMILES string of the molecule is CCCOc1cccc(CN=C(N)Nc2ccc3c(c2)CCC3)c1. The highest BCUT2D eigenvalue weighted by atomic mass is 16.5. The lowest BCUT2D eigenvalue weighted by atomic mass is 10.1. The summed E-state index contributed by atoms with van der Waals surface area (Å²) < 4.78 is 5.65. The van der Waals surface area contributed by atoms with Crippen LogP contribution in [-0.2, 0) is 19.4 Å². The van der Waals surface area contributed by atoms with Crippen LogP contribution in [0.5, 0.6) is 5.75 Å². The summed E-state index contributed by atoms with van der Waals surface area (Å²) in [4.78, 5) is 4.43. The van der Waals surface area contributed by atoms with Gasteiger partial charge in [0.1, 0.15) is 5.75 Å². The molecule has 24 heavy (non-hydrogen) atoms. The standard InChI is InChI=1S/C20H25N3O/c1-2-11-24-19-8-3-5-15(12-19)14-22-20(21)23-18-10-9-16-6-4-7-17(16)13-18/h3,5,8-10,12-13H,2,4,6-7,11,14H2,1H3,(H3,21,22,23). The summed E-state index contributed by atoms with van der Waals surface area (Å²) in [5.74, 6) is 1.32. The summed E-state index contributed by atoms with van der Waals surface area (Å²) in [6.45, 7) is 3.36. The Morgan fingerprint density at radius 1 is 1.17 bits per heavy atom. The number of guanidine groups is 1. The zero-order chi connectivity index (χ0) is 16.8. The quantitative estimate of drug-likeness (QED) is 0.626. The Kier molecular flexibility index (Phi) is 5.36. The summed E-state index contributed by atoms with van der Waals surface area (Å²) >= 11 is 0. The molecule has 0 fully saturated rings. The first kappa shape index (κ1) is 16.4. The maximum atomic E-state index is 6.02. The van der Waals surface area contributed by atoms with Crippen LogP contribution in [0.4, 0.5) is 5.69 Å². The second-order valence-corrected chi connectivity index (χ2v) is 6.16. The number of fused-ring (bicyclic) bond motifs is 1. The van der Waals surface area contributed by atoms with Crippen LogP contribution in [0.2, 0.25) is 0 Å². The van der Waals surface area contributed by atoms with E-state index in [0.717, 1.165) is 36.4 Å². The van der Waals surface area contributed by atoms with Crippen molar-refractivity contribution in [2.75, 3.05) is 11.9 Å². The third-order valence-electron chi connectivity index (χ3n) is 4.17. The van der Waals surface area contributed by atoms with Crippen LogP contribution in [0, 0.1) is 0 Å². The number of aliphatic imine (C=N–C) groups is 1. The lowest BCUT2D eigenvalue weighted by molar-refractivity contribution is 0.317. The third-order valence-corrected chi connectivity index (χ3v) is 4.17. The molecule has 1 aliphatic rings. The summed E-state index contributed by atoms with van der Waals surface area (Å²) in [6, 6.07) is 14.4. The van der Waals surface area contributed by atoms with E-state index in [0.29, 0.717) is 12.5 Å². The summed E-state index contributed by atoms with van der Waals surface area (Å²) in [5, 5.41) is 3.19. The predicted molar refractivity (Wildman–Crippen MR) is 99.6 cm³/mol. The van der Waals surface area contributed by atoms with Crippen molar-refractivity contribution in [2.24, 2.45) is 10.7 Å². The van der Waals surface area contributed by atoms with Gasteiger partial charge in [-0.15, -0.1) is 0 Å². The molecule has 0 bridgehead atoms. The molecule has 3 N–H and O–H groups in total. The molecule has 3 rings (SSSR count). The van der Waals surface area contributed by atoms with E-state index in [2.05, 4.69) is 35.4 Å². The number of nitrogens with two attached hydrogens (primary N) is 1. The molecule has 0 saturated carbocycles. The molecule has 0 heterocycles. The zero-order valence-corrected chi connectivity index (χ0v) is 14.2. The molecule has 0 saturated heterocycles. The average Bonchev–Trinajstić information content (AvgIpc) is 3.06. The molecule has 0 radical (unpaired) electrons. The third kappa shape index (κ3) is 4.28. The maximum Gasteiger partial charge on any atom is 0.193 e. The van der Waals surface area contributed by atoms with Crippen molar-refractivity contribution >= 4 is 11.6 Å². The molecule has 0 spiro atoms. The topological polar surface area (TPSA) is 59.6 Å². The number of benzene rings is 2. The lowest BCUT2D eigenvalue weighted by Crippen LogP contribution is -2.22. The largest absolute Gasteiger partial charge is 0.494 e. The van der Waals surface area contributed by atoms with Crippen LogP contribution in [0.1, 0.15) is 36.5 Å². The Hall–Kier alpha value is -2.49. The minimum Gasteiger partial charge on any atom is -0.494 e. The fourth-order valence-corrected chi connectivity index (χ4v) is 2.97. The van der Waals surface area contributed by atoms with E-state index in [9.17, 15) is 0 Å². The Balaban J connectivity index is 1.60. The number of nitrogens with one attached hydrogen (secondary N) is 1. The smallest absolute Gasteiger partial charge is 0.193 e. The van der Waals surface area contributed by atoms with Gasteiger partial charge in [-0.05, 0) is 66.6 Å². The number of hydrogen-bond donors (Lipinski definition) is 2. The number of nitrogens with zero attached hydrogens (tertiary/aromatic N) is 1. The number of rotatable bonds is 6. The Morgan fingerprint density at radius 2 is 2.04 bits per heavy atom. The van der Waals surface area contributed by atoms with Crippen molar-refractivity contribution in [3.05, 3.63) is 59.2 Å². The molecule has 126 valence electrons. The average molecular weight is 323 g/mol. The first-order valence-corrected chi connectivity index (χ1v) is 8.65. The Morgan fingerprint density at radius 3 is 2.92 bits per heavy atom. The lowest BCUT2D eigenvalue weighted by Gasteiger charge is -2.09. The van der Waals surface area contributed by atoms with E-state index in [1.165, 1.54) is 24.0 Å². The highest BCUT2D eigenvalue weighted by Crippen LogP contribution is 2.24. The number of aryl methyl sites for hydroxylation is 2. The van der Waals surface area contributed by atoms with E-state index < -0.39 is 0 Å². The minimum atomic E-state index is 0.438. The Bertz CT molecular complexity index is 725. The van der Waals surface area contributed by atoms with Crippen LogP contribution in [0.25, 0.3) is 0 Å². The van der Waals surface area contributed by atoms with Gasteiger partial charge in [-0.2, -0.15) is 0 Å². The van der Waals surface area contributed by atoms with Crippen molar-refractivity contribution in [2.45, 2.75) is 39.2 Å². The van der Waals surface area contributed by atoms with Gasteiger partial charge in [0, 0.05) is 5.69 Å². The molecule has 0 unspecified atom stereocenters. The van der Waals surface area contributed by atoms with Gasteiger partial charge in [-0.25, -0.2) is 4.99 Å². The Labute approximate surface area is 143 Å². The number of hydrogen-bond acceptors (Lipinski definition) is 2. The van der Waals surface area contributed by atoms with Gasteiger partial charge in [0.15, 0.2) is 5.96 Å². The molecule has 4 heteroatoms. The van der Waals surface area contributed by atoms with Crippen LogP contribution < -0.4 is 15.8 Å². The van der Waals surface area contributed by atoms with Gasteiger partial charge < -0.3 is 15.8 Å². The second-order valence-electron chi connectivity index (χ2n) is 6.16. The van der Waals surface area contributed by atoms with Crippen molar-refractivity contribution in [3.63, 3.8) is 0 Å². The number of ether oxygens (including phenoxy) is 1. The van der Waals surface area contributed by atoms with Gasteiger partial charge in [-0.3, -0.25) is 0 Å². The van der Waals surface area contributed by atoms with Gasteiger partial charge in [-0.1, -0.05) is 25.1 Å². The van der Waals surface area contributed by atoms with E-state index >= 15 is 0 Å². The second kappa shape index (κ2) is 7.86. The molecule has 0 aromatic heterocycles. The molecule has 0 aliphatic heterocycles. The molecule has 2 aromatic rings. The predicted octanol–water partition coefficient (Wildman–Crippen LogP) is 3.89. The van der Waals surface area contributed by atoms with Crippen molar-refractivity contribution in [1.29, 1.82) is 0 Å². The van der Waals surface area contributed by atoms with E-state index in [-0.39, 0.29) is 0 Å². The van der Waals surface area contributed by atoms with Gasteiger partial charge in [0.2, 0.25) is 0 Å². The molecule has 0 amide bonds. The van der Waals surface area contributed by atoms with Crippen LogP contribution in [0.15, 0.2) is 47.5 Å². The monoisotopic (exact) mass is 323 g/mol. The molecule has 4 nitrogen and oxygen atoms in total. The summed E-state index contributed by atoms with van der Waals surface area (Å²) in [7, 11) is 0. The van der Waals surface area contributed by atoms with Crippen LogP contribution in [-0.4, -0.2) is 12.6 Å². The summed E-state index contributed by atoms with van der Waals surface area (Å²) in [5.41, 5.74) is 11.0. The zero-order valence-electron chi connectivity index (χ0n) is 14.2. The van der Waals surface area contributed by atoms with Crippen molar-refractivity contribution in [1.82, 2.24) is 0 Å². The highest BCUT2D eigenvalue weighted by Gasteiger charge is 2.10. The van der Waals surface area contributed by atoms with E-state index in [4.69, 9.17) is 10.5 Å². The highest BCUT2D eigenvalue weighted by molar-refractivity contribution is 5.92. The fourth-order valence-electron chi connectivity index (χ4n) is 2.97. The van der Waals surface area contributed by atoms with Gasteiger partial charge in [0.05, 0.1) is 13.2 Å². The van der Waals surface area contributed by atoms with Gasteiger partial charge >= 0.3 is 0 Å². The first-order chi connectivity index (χ1) is 11.7. The normalized spacial score (nSPS) is 13.6. The molecule has 1 aliphatic carbocycles. The number of anilines is 1. The van der Waals surface area contributed by atoms with Crippen molar-refractivity contribution in [3.8, 4) is 5.75 Å². The van der Waals surface area contributed by atoms with Crippen LogP contribution >= 0.6 is 0 Å². The first-order valence-electron chi connectivity index (χ1n) is 8.65. The van der Waals surface area contributed by atoms with Crippen LogP contribution in [0.3, 0.4) is 0 Å². The van der Waals surface area contributed by atoms with E-state index in [1.807, 2.05) is 24.3 Å². The van der Waals surface area contributed by atoms with Gasteiger partial charge in [0.25, 0.3) is 0 Å². The maximum absolute atomic E-state index is 6.02. The molecular weight excluding hydrogens is 298 g/mol. The minimum absolute atomic E-state index is 0.438. The molecular formula is C20H25N3O. The molecule has 0 atom stereocenters. The fraction of sp³-hybridized carbons (Fsp3) is 0.350. The summed E-state index contributed by atoms with van der Waals surface area (Å²) in [6.07, 6.45) is 4.60. The van der Waals surface area contributed by atoms with E-state index in [1.54, 1.807) is 0 Å².